The molecule has 0 aliphatic carbocycles. The molecule has 2 aromatic rings. The first-order valence-corrected chi connectivity index (χ1v) is 11.0. The van der Waals surface area contributed by atoms with Gasteiger partial charge in [0.15, 0.2) is 0 Å². The molecule has 0 aromatic heterocycles. The Bertz CT molecular complexity index is 1120. The first-order chi connectivity index (χ1) is 15.7. The molecule has 0 spiro atoms. The molecule has 3 saturated heterocycles. The van der Waals surface area contributed by atoms with Crippen molar-refractivity contribution < 1.29 is 31.8 Å². The maximum absolute atomic E-state index is 14.6. The minimum absolute atomic E-state index is 0.121. The van der Waals surface area contributed by atoms with Crippen molar-refractivity contribution in [1.29, 1.82) is 0 Å². The fourth-order valence-corrected chi connectivity index (χ4v) is 4.00. The van der Waals surface area contributed by atoms with Gasteiger partial charge in [-0.3, -0.25) is 0 Å². The molecule has 0 amide bonds. The Hall–Kier alpha value is -2.58. The summed E-state index contributed by atoms with van der Waals surface area (Å²) in [5.41, 5.74) is 0.142. The maximum atomic E-state index is 14.6. The van der Waals surface area contributed by atoms with E-state index in [1.807, 2.05) is 5.92 Å². The molecule has 3 aliphatic rings. The summed E-state index contributed by atoms with van der Waals surface area (Å²) in [4.78, 5) is 0. The lowest BCUT2D eigenvalue weighted by Gasteiger charge is -2.49. The number of fused-ring (bicyclic) bond motifs is 4. The van der Waals surface area contributed by atoms with Crippen LogP contribution in [0.4, 0.5) is 17.6 Å². The zero-order valence-electron chi connectivity index (χ0n) is 18.3. The van der Waals surface area contributed by atoms with Crippen molar-refractivity contribution in [2.75, 3.05) is 19.8 Å². The van der Waals surface area contributed by atoms with E-state index in [0.717, 1.165) is 18.8 Å². The summed E-state index contributed by atoms with van der Waals surface area (Å²) in [6.45, 7) is 3.76. The van der Waals surface area contributed by atoms with Crippen LogP contribution >= 0.6 is 0 Å². The molecule has 0 radical (unpaired) electrons. The summed E-state index contributed by atoms with van der Waals surface area (Å²) in [6, 6.07) is 7.44. The van der Waals surface area contributed by atoms with Crippen molar-refractivity contribution in [2.45, 2.75) is 51.2 Å². The van der Waals surface area contributed by atoms with Crippen LogP contribution < -0.4 is 0 Å². The van der Waals surface area contributed by atoms with Gasteiger partial charge in [-0.25, -0.2) is 4.39 Å². The highest BCUT2D eigenvalue weighted by Gasteiger charge is 2.51. The molecule has 3 nitrogen and oxygen atoms in total. The van der Waals surface area contributed by atoms with Crippen LogP contribution in [0.2, 0.25) is 0 Å². The van der Waals surface area contributed by atoms with E-state index in [4.69, 9.17) is 14.2 Å². The highest BCUT2D eigenvalue weighted by molar-refractivity contribution is 5.86. The molecule has 3 aliphatic heterocycles. The Morgan fingerprint density at radius 1 is 0.939 bits per heavy atom. The molecule has 0 atom stereocenters. The van der Waals surface area contributed by atoms with E-state index >= 15 is 0 Å². The van der Waals surface area contributed by atoms with Gasteiger partial charge in [0.1, 0.15) is 5.82 Å². The Labute approximate surface area is 190 Å². The average Bonchev–Trinajstić information content (AvgIpc) is 2.81. The number of halogens is 4. The standard InChI is InChI=1S/C26H24F4O3/c1-2-3-4-5-12-24-16-31-26(32-17-24,33-18-24)14-10-19-6-9-22-21(15-19)8-7-20(23(22)27)11-13-25(28,29)30/h6-9,15H,2-5,12,16-18H2,1H3. The predicted molar refractivity (Wildman–Crippen MR) is 115 cm³/mol. The van der Waals surface area contributed by atoms with Crippen molar-refractivity contribution in [2.24, 2.45) is 5.41 Å². The van der Waals surface area contributed by atoms with Gasteiger partial charge in [0, 0.05) is 22.3 Å². The molecule has 2 aromatic carbocycles. The topological polar surface area (TPSA) is 27.7 Å². The van der Waals surface area contributed by atoms with Crippen molar-refractivity contribution in [3.8, 4) is 23.7 Å². The van der Waals surface area contributed by atoms with Crippen LogP contribution in [0, 0.1) is 34.9 Å². The van der Waals surface area contributed by atoms with Crippen molar-refractivity contribution >= 4 is 10.8 Å². The number of rotatable bonds is 5. The van der Waals surface area contributed by atoms with Crippen molar-refractivity contribution in [3.05, 3.63) is 47.3 Å². The number of hydrogen-bond donors (Lipinski definition) is 0. The second-order valence-corrected chi connectivity index (χ2v) is 8.59. The molecule has 3 heterocycles. The van der Waals surface area contributed by atoms with Crippen LogP contribution in [0.25, 0.3) is 10.8 Å². The molecule has 33 heavy (non-hydrogen) atoms. The number of alkyl halides is 3. The lowest BCUT2D eigenvalue weighted by molar-refractivity contribution is -0.439. The van der Waals surface area contributed by atoms with E-state index in [-0.39, 0.29) is 16.4 Å². The predicted octanol–water partition coefficient (Wildman–Crippen LogP) is 5.93. The number of unbranched alkanes of at least 4 members (excludes halogenated alkanes) is 3. The van der Waals surface area contributed by atoms with Gasteiger partial charge in [0.05, 0.1) is 25.4 Å². The van der Waals surface area contributed by atoms with Gasteiger partial charge in [-0.05, 0) is 35.9 Å². The third-order valence-corrected chi connectivity index (χ3v) is 5.92. The Balaban J connectivity index is 1.46. The van der Waals surface area contributed by atoms with E-state index < -0.39 is 18.0 Å². The van der Waals surface area contributed by atoms with Gasteiger partial charge in [0.2, 0.25) is 0 Å². The molecular weight excluding hydrogens is 436 g/mol. The molecule has 174 valence electrons. The lowest BCUT2D eigenvalue weighted by atomic mass is 9.83. The van der Waals surface area contributed by atoms with E-state index in [0.29, 0.717) is 30.8 Å². The van der Waals surface area contributed by atoms with Crippen molar-refractivity contribution in [1.82, 2.24) is 0 Å². The molecule has 0 saturated carbocycles. The summed E-state index contributed by atoms with van der Waals surface area (Å²) < 4.78 is 69.0. The monoisotopic (exact) mass is 460 g/mol. The fourth-order valence-electron chi connectivity index (χ4n) is 4.00. The second kappa shape index (κ2) is 9.35. The SMILES string of the molecule is CCCCCCC12COC(C#Cc3ccc4c(F)c(C#CC(F)(F)F)ccc4c3)(OC1)OC2. The van der Waals surface area contributed by atoms with E-state index in [2.05, 4.69) is 18.8 Å². The summed E-state index contributed by atoms with van der Waals surface area (Å²) in [6.07, 6.45) is 0.999. The van der Waals surface area contributed by atoms with Crippen LogP contribution in [0.3, 0.4) is 0 Å². The minimum Gasteiger partial charge on any atom is -0.316 e. The number of benzene rings is 2. The quantitative estimate of drug-likeness (QED) is 0.314. The third-order valence-electron chi connectivity index (χ3n) is 5.92. The van der Waals surface area contributed by atoms with Gasteiger partial charge in [-0.15, -0.1) is 0 Å². The Morgan fingerprint density at radius 2 is 1.67 bits per heavy atom. The first kappa shape index (κ1) is 23.6. The van der Waals surface area contributed by atoms with Gasteiger partial charge in [-0.2, -0.15) is 13.2 Å². The van der Waals surface area contributed by atoms with Gasteiger partial charge < -0.3 is 14.2 Å². The zero-order valence-corrected chi connectivity index (χ0v) is 18.3. The molecule has 7 heteroatoms. The summed E-state index contributed by atoms with van der Waals surface area (Å²) in [5.74, 6) is 6.58. The van der Waals surface area contributed by atoms with Crippen LogP contribution in [-0.4, -0.2) is 32.0 Å². The zero-order chi connectivity index (χ0) is 23.5. The van der Waals surface area contributed by atoms with Gasteiger partial charge >= 0.3 is 12.1 Å². The summed E-state index contributed by atoms with van der Waals surface area (Å²) in [5, 5.41) is 0.662. The van der Waals surface area contributed by atoms with Crippen LogP contribution in [0.1, 0.15) is 50.2 Å². The highest BCUT2D eigenvalue weighted by Crippen LogP contribution is 2.41. The van der Waals surface area contributed by atoms with E-state index in [1.54, 1.807) is 12.1 Å². The van der Waals surface area contributed by atoms with Crippen molar-refractivity contribution in [3.63, 3.8) is 0 Å². The minimum atomic E-state index is -4.68. The summed E-state index contributed by atoms with van der Waals surface area (Å²) in [7, 11) is 0. The van der Waals surface area contributed by atoms with Crippen LogP contribution in [0.5, 0.6) is 0 Å². The number of hydrogen-bond acceptors (Lipinski definition) is 3. The highest BCUT2D eigenvalue weighted by atomic mass is 19.4. The Morgan fingerprint density at radius 3 is 2.33 bits per heavy atom. The molecule has 3 fully saturated rings. The molecule has 2 bridgehead atoms. The number of ether oxygens (including phenoxy) is 3. The summed E-state index contributed by atoms with van der Waals surface area (Å²) >= 11 is 0. The largest absolute Gasteiger partial charge is 0.458 e. The van der Waals surface area contributed by atoms with Gasteiger partial charge in [-0.1, -0.05) is 56.6 Å². The maximum Gasteiger partial charge on any atom is 0.458 e. The van der Waals surface area contributed by atoms with Gasteiger partial charge in [0.25, 0.3) is 0 Å². The molecule has 0 N–H and O–H groups in total. The van der Waals surface area contributed by atoms with Crippen LogP contribution in [0.15, 0.2) is 30.3 Å². The molecular formula is C26H24F4O3. The smallest absolute Gasteiger partial charge is 0.316 e. The average molecular weight is 460 g/mol. The molecule has 5 rings (SSSR count). The first-order valence-electron chi connectivity index (χ1n) is 11.0. The fraction of sp³-hybridized carbons (Fsp3) is 0.462. The van der Waals surface area contributed by atoms with E-state index in [9.17, 15) is 17.6 Å². The lowest BCUT2D eigenvalue weighted by Crippen LogP contribution is -2.59. The normalized spacial score (nSPS) is 24.2. The third kappa shape index (κ3) is 5.50. The Kier molecular flexibility index (Phi) is 6.68. The van der Waals surface area contributed by atoms with Crippen LogP contribution in [-0.2, 0) is 14.2 Å². The second-order valence-electron chi connectivity index (χ2n) is 8.59. The van der Waals surface area contributed by atoms with E-state index in [1.165, 1.54) is 37.5 Å². The molecule has 0 unspecified atom stereocenters.